The minimum atomic E-state index is -0.129. The number of aromatic amines is 1. The monoisotopic (exact) mass is 194 g/mol. The largest absolute Gasteiger partial charge is 0.361 e. The molecular formula is C10H11ClN2. The molecule has 2 aromatic rings. The second kappa shape index (κ2) is 3.40. The zero-order valence-electron chi connectivity index (χ0n) is 7.34. The number of rotatable bonds is 2. The topological polar surface area (TPSA) is 27.8 Å². The number of alkyl halides is 1. The van der Waals surface area contributed by atoms with Gasteiger partial charge in [-0.25, -0.2) is 0 Å². The van der Waals surface area contributed by atoms with Crippen LogP contribution < -0.4 is 5.32 Å². The Morgan fingerprint density at radius 1 is 1.38 bits per heavy atom. The summed E-state index contributed by atoms with van der Waals surface area (Å²) >= 11 is 6.08. The normalized spacial score (nSPS) is 13.4. The first kappa shape index (κ1) is 8.60. The maximum atomic E-state index is 6.08. The highest BCUT2D eigenvalue weighted by atomic mass is 35.5. The zero-order chi connectivity index (χ0) is 9.26. The number of benzene rings is 1. The van der Waals surface area contributed by atoms with Crippen LogP contribution in [0.15, 0.2) is 30.5 Å². The van der Waals surface area contributed by atoms with Gasteiger partial charge < -0.3 is 10.3 Å². The molecule has 1 heterocycles. The van der Waals surface area contributed by atoms with Crippen LogP contribution in [0.3, 0.4) is 0 Å². The third-order valence-corrected chi connectivity index (χ3v) is 2.60. The number of H-pyrrole nitrogens is 1. The van der Waals surface area contributed by atoms with Crippen molar-refractivity contribution in [3.63, 3.8) is 0 Å². The summed E-state index contributed by atoms with van der Waals surface area (Å²) in [5, 5.41) is 4.18. The molecule has 2 N–H and O–H groups in total. The van der Waals surface area contributed by atoms with Crippen molar-refractivity contribution >= 4 is 22.5 Å². The highest BCUT2D eigenvalue weighted by Gasteiger charge is 2.09. The second-order valence-electron chi connectivity index (χ2n) is 2.94. The highest BCUT2D eigenvalue weighted by molar-refractivity contribution is 6.21. The molecule has 1 atom stereocenters. The van der Waals surface area contributed by atoms with Gasteiger partial charge in [-0.15, -0.1) is 11.6 Å². The number of hydrogen-bond donors (Lipinski definition) is 2. The van der Waals surface area contributed by atoms with E-state index in [1.165, 1.54) is 5.39 Å². The van der Waals surface area contributed by atoms with Gasteiger partial charge in [-0.3, -0.25) is 0 Å². The van der Waals surface area contributed by atoms with Crippen LogP contribution in [-0.2, 0) is 0 Å². The Morgan fingerprint density at radius 3 is 2.92 bits per heavy atom. The maximum Gasteiger partial charge on any atom is 0.110 e. The summed E-state index contributed by atoms with van der Waals surface area (Å²) in [4.78, 5) is 3.18. The lowest BCUT2D eigenvalue weighted by Crippen LogP contribution is -2.08. The first-order chi connectivity index (χ1) is 6.33. The van der Waals surface area contributed by atoms with E-state index in [0.717, 1.165) is 11.1 Å². The van der Waals surface area contributed by atoms with E-state index in [9.17, 15) is 0 Å². The van der Waals surface area contributed by atoms with E-state index in [1.807, 2.05) is 31.4 Å². The molecule has 0 fully saturated rings. The van der Waals surface area contributed by atoms with Gasteiger partial charge in [-0.2, -0.15) is 0 Å². The van der Waals surface area contributed by atoms with E-state index >= 15 is 0 Å². The Hall–Kier alpha value is -0.990. The Balaban J connectivity index is 2.57. The Bertz CT molecular complexity index is 408. The first-order valence-electron chi connectivity index (χ1n) is 4.20. The molecule has 2 rings (SSSR count). The van der Waals surface area contributed by atoms with Gasteiger partial charge in [0.25, 0.3) is 0 Å². The van der Waals surface area contributed by atoms with Crippen molar-refractivity contribution in [3.05, 3.63) is 36.0 Å². The van der Waals surface area contributed by atoms with E-state index in [4.69, 9.17) is 11.6 Å². The van der Waals surface area contributed by atoms with Gasteiger partial charge in [0.1, 0.15) is 5.50 Å². The van der Waals surface area contributed by atoms with Crippen LogP contribution in [-0.4, -0.2) is 12.0 Å². The van der Waals surface area contributed by atoms with E-state index in [2.05, 4.69) is 16.4 Å². The molecule has 3 heteroatoms. The summed E-state index contributed by atoms with van der Waals surface area (Å²) in [6.45, 7) is 0. The van der Waals surface area contributed by atoms with E-state index < -0.39 is 0 Å². The van der Waals surface area contributed by atoms with Crippen LogP contribution in [0.25, 0.3) is 10.9 Å². The average molecular weight is 195 g/mol. The van der Waals surface area contributed by atoms with Crippen LogP contribution >= 0.6 is 11.6 Å². The van der Waals surface area contributed by atoms with Crippen LogP contribution in [0.5, 0.6) is 0 Å². The number of aromatic nitrogens is 1. The predicted octanol–water partition coefficient (Wildman–Crippen LogP) is 2.62. The number of hydrogen-bond acceptors (Lipinski definition) is 1. The molecular weight excluding hydrogens is 184 g/mol. The van der Waals surface area contributed by atoms with Gasteiger partial charge in [-0.1, -0.05) is 18.2 Å². The molecule has 0 radical (unpaired) electrons. The van der Waals surface area contributed by atoms with Crippen molar-refractivity contribution < 1.29 is 0 Å². The van der Waals surface area contributed by atoms with Gasteiger partial charge in [0.2, 0.25) is 0 Å². The van der Waals surface area contributed by atoms with E-state index in [1.54, 1.807) is 0 Å². The summed E-state index contributed by atoms with van der Waals surface area (Å²) in [7, 11) is 1.85. The lowest BCUT2D eigenvalue weighted by molar-refractivity contribution is 0.789. The molecule has 0 amide bonds. The van der Waals surface area contributed by atoms with Crippen molar-refractivity contribution in [2.24, 2.45) is 0 Å². The van der Waals surface area contributed by atoms with Crippen molar-refractivity contribution in [2.45, 2.75) is 5.50 Å². The van der Waals surface area contributed by atoms with Gasteiger partial charge in [0, 0.05) is 22.7 Å². The zero-order valence-corrected chi connectivity index (χ0v) is 8.10. The van der Waals surface area contributed by atoms with E-state index in [0.29, 0.717) is 0 Å². The van der Waals surface area contributed by atoms with Gasteiger partial charge in [-0.05, 0) is 13.1 Å². The summed E-state index contributed by atoms with van der Waals surface area (Å²) in [6, 6.07) is 8.12. The van der Waals surface area contributed by atoms with Crippen LogP contribution in [0, 0.1) is 0 Å². The standard InChI is InChI=1S/C10H11ClN2/c1-12-10(11)8-6-13-9-5-3-2-4-7(8)9/h2-6,10,12-13H,1H3. The Labute approximate surface area is 81.9 Å². The molecule has 0 saturated heterocycles. The van der Waals surface area contributed by atoms with Crippen molar-refractivity contribution in [1.82, 2.24) is 10.3 Å². The van der Waals surface area contributed by atoms with Crippen LogP contribution in [0.2, 0.25) is 0 Å². The molecule has 1 aromatic carbocycles. The van der Waals surface area contributed by atoms with Gasteiger partial charge in [0.05, 0.1) is 0 Å². The SMILES string of the molecule is CNC(Cl)c1c[nH]c2ccccc12. The van der Waals surface area contributed by atoms with Gasteiger partial charge >= 0.3 is 0 Å². The molecule has 0 spiro atoms. The molecule has 1 unspecified atom stereocenters. The summed E-state index contributed by atoms with van der Waals surface area (Å²) in [6.07, 6.45) is 1.94. The average Bonchev–Trinajstić information content (AvgIpc) is 2.60. The fourth-order valence-electron chi connectivity index (χ4n) is 1.46. The quantitative estimate of drug-likeness (QED) is 0.558. The summed E-state index contributed by atoms with van der Waals surface area (Å²) in [5.74, 6) is 0. The fourth-order valence-corrected chi connectivity index (χ4v) is 1.64. The third kappa shape index (κ3) is 1.43. The fraction of sp³-hybridized carbons (Fsp3) is 0.200. The number of fused-ring (bicyclic) bond motifs is 1. The Kier molecular flexibility index (Phi) is 2.25. The van der Waals surface area contributed by atoms with Crippen molar-refractivity contribution in [3.8, 4) is 0 Å². The third-order valence-electron chi connectivity index (χ3n) is 2.15. The first-order valence-corrected chi connectivity index (χ1v) is 4.64. The maximum absolute atomic E-state index is 6.08. The molecule has 13 heavy (non-hydrogen) atoms. The Morgan fingerprint density at radius 2 is 2.15 bits per heavy atom. The minimum absolute atomic E-state index is 0.129. The molecule has 0 aliphatic rings. The molecule has 0 bridgehead atoms. The van der Waals surface area contributed by atoms with E-state index in [-0.39, 0.29) is 5.50 Å². The molecule has 0 aliphatic carbocycles. The molecule has 0 aliphatic heterocycles. The molecule has 1 aromatic heterocycles. The number of halogens is 1. The smallest absolute Gasteiger partial charge is 0.110 e. The predicted molar refractivity (Wildman–Crippen MR) is 56.0 cm³/mol. The molecule has 68 valence electrons. The lowest BCUT2D eigenvalue weighted by atomic mass is 10.2. The van der Waals surface area contributed by atoms with Crippen LogP contribution in [0.1, 0.15) is 11.1 Å². The summed E-state index contributed by atoms with van der Waals surface area (Å²) in [5.41, 5.74) is 2.09. The second-order valence-corrected chi connectivity index (χ2v) is 3.38. The number of nitrogens with one attached hydrogen (secondary N) is 2. The minimum Gasteiger partial charge on any atom is -0.361 e. The van der Waals surface area contributed by atoms with Gasteiger partial charge in [0.15, 0.2) is 0 Å². The molecule has 0 saturated carbocycles. The highest BCUT2D eigenvalue weighted by Crippen LogP contribution is 2.25. The van der Waals surface area contributed by atoms with Crippen LogP contribution in [0.4, 0.5) is 0 Å². The van der Waals surface area contributed by atoms with Crippen molar-refractivity contribution in [1.29, 1.82) is 0 Å². The lowest BCUT2D eigenvalue weighted by Gasteiger charge is -2.05. The molecule has 2 nitrogen and oxygen atoms in total. The number of para-hydroxylation sites is 1. The summed E-state index contributed by atoms with van der Waals surface area (Å²) < 4.78 is 0. The van der Waals surface area contributed by atoms with Crippen molar-refractivity contribution in [2.75, 3.05) is 7.05 Å².